The van der Waals surface area contributed by atoms with Crippen LogP contribution in [0.15, 0.2) is 30.7 Å². The summed E-state index contributed by atoms with van der Waals surface area (Å²) in [4.78, 5) is 17.8. The molecule has 1 atom stereocenters. The number of carbonyl (C=O) groups excluding carboxylic acids is 1. The van der Waals surface area contributed by atoms with E-state index in [1.807, 2.05) is 13.8 Å². The van der Waals surface area contributed by atoms with E-state index in [9.17, 15) is 17.6 Å². The summed E-state index contributed by atoms with van der Waals surface area (Å²) >= 11 is 0. The average Bonchev–Trinajstić information content (AvgIpc) is 3.31. The molecular formula is C21H28FN3O6SSi. The van der Waals surface area contributed by atoms with Gasteiger partial charge < -0.3 is 13.7 Å². The fraction of sp³-hybridized carbons (Fsp3) is 0.524. The molecule has 9 nitrogen and oxygen atoms in total. The van der Waals surface area contributed by atoms with Crippen molar-refractivity contribution in [2.24, 2.45) is 0 Å². The fourth-order valence-corrected chi connectivity index (χ4v) is 4.06. The van der Waals surface area contributed by atoms with Crippen molar-refractivity contribution in [3.05, 3.63) is 42.2 Å². The van der Waals surface area contributed by atoms with Crippen molar-refractivity contribution in [2.75, 3.05) is 24.3 Å². The Morgan fingerprint density at radius 3 is 2.58 bits per heavy atom. The molecule has 0 N–H and O–H groups in total. The number of ether oxygens (including phenoxy) is 1. The minimum absolute atomic E-state index is 0.0222. The molecule has 2 radical (unpaired) electrons. The Morgan fingerprint density at radius 2 is 1.97 bits per heavy atom. The van der Waals surface area contributed by atoms with Crippen LogP contribution in [0, 0.1) is 5.82 Å². The van der Waals surface area contributed by atoms with Gasteiger partial charge in [0.1, 0.15) is 18.5 Å². The first-order valence-corrected chi connectivity index (χ1v) is 13.0. The first-order valence-electron chi connectivity index (χ1n) is 10.3. The van der Waals surface area contributed by atoms with Crippen molar-refractivity contribution in [3.63, 3.8) is 0 Å². The van der Waals surface area contributed by atoms with E-state index < -0.39 is 33.7 Å². The predicted molar refractivity (Wildman–Crippen MR) is 122 cm³/mol. The Kier molecular flexibility index (Phi) is 7.04. The van der Waals surface area contributed by atoms with Crippen LogP contribution in [0.5, 0.6) is 0 Å². The van der Waals surface area contributed by atoms with Crippen LogP contribution in [0.3, 0.4) is 0 Å². The second kappa shape index (κ2) is 9.16. The summed E-state index contributed by atoms with van der Waals surface area (Å²) in [5.74, 6) is -0.560. The number of imidazole rings is 1. The van der Waals surface area contributed by atoms with Crippen molar-refractivity contribution < 1.29 is 30.9 Å². The van der Waals surface area contributed by atoms with Crippen LogP contribution in [0.2, 0.25) is 5.04 Å². The normalized spacial score (nSPS) is 17.5. The summed E-state index contributed by atoms with van der Waals surface area (Å²) in [6, 6.07) is 4.34. The van der Waals surface area contributed by atoms with Gasteiger partial charge in [0.05, 0.1) is 41.8 Å². The highest BCUT2D eigenvalue weighted by atomic mass is 32.2. The molecule has 2 aromatic rings. The maximum Gasteiger partial charge on any atom is 0.414 e. The maximum atomic E-state index is 15.0. The molecule has 1 aromatic heterocycles. The second-order valence-corrected chi connectivity index (χ2v) is 12.9. The minimum atomic E-state index is -3.66. The molecule has 1 unspecified atom stereocenters. The lowest BCUT2D eigenvalue weighted by Crippen LogP contribution is -2.28. The summed E-state index contributed by atoms with van der Waals surface area (Å²) in [6.07, 6.45) is 2.67. The molecule has 0 saturated carbocycles. The molecule has 1 fully saturated rings. The zero-order valence-corrected chi connectivity index (χ0v) is 21.3. The van der Waals surface area contributed by atoms with Crippen LogP contribution in [-0.4, -0.2) is 59.3 Å². The maximum absolute atomic E-state index is 15.0. The number of hydrogen-bond donors (Lipinski definition) is 0. The Hall–Kier alpha value is -2.28. The Morgan fingerprint density at radius 1 is 1.27 bits per heavy atom. The van der Waals surface area contributed by atoms with Crippen LogP contribution in [-0.2, 0) is 29.1 Å². The number of rotatable bonds is 8. The highest BCUT2D eigenvalue weighted by molar-refractivity contribution is 7.85. The highest BCUT2D eigenvalue weighted by Crippen LogP contribution is 2.30. The molecular weight excluding hydrogens is 469 g/mol. The average molecular weight is 498 g/mol. The van der Waals surface area contributed by atoms with Gasteiger partial charge >= 0.3 is 6.09 Å². The van der Waals surface area contributed by atoms with E-state index in [4.69, 9.17) is 9.16 Å². The fourth-order valence-electron chi connectivity index (χ4n) is 2.99. The quantitative estimate of drug-likeness (QED) is 0.407. The van der Waals surface area contributed by atoms with Gasteiger partial charge in [-0.05, 0) is 37.1 Å². The van der Waals surface area contributed by atoms with Gasteiger partial charge in [0.15, 0.2) is 0 Å². The Labute approximate surface area is 195 Å². The summed E-state index contributed by atoms with van der Waals surface area (Å²) in [6.45, 7) is 9.85. The number of benzene rings is 1. The van der Waals surface area contributed by atoms with E-state index >= 15 is 0 Å². The van der Waals surface area contributed by atoms with Crippen LogP contribution in [0.25, 0.3) is 5.69 Å². The van der Waals surface area contributed by atoms with Crippen LogP contribution in [0.4, 0.5) is 14.9 Å². The van der Waals surface area contributed by atoms with Crippen molar-refractivity contribution in [1.29, 1.82) is 0 Å². The lowest BCUT2D eigenvalue weighted by Gasteiger charge is -2.27. The van der Waals surface area contributed by atoms with E-state index in [0.717, 1.165) is 6.26 Å². The molecule has 0 spiro atoms. The monoisotopic (exact) mass is 497 g/mol. The molecule has 33 heavy (non-hydrogen) atoms. The molecule has 3 rings (SSSR count). The third-order valence-electron chi connectivity index (χ3n) is 4.68. The lowest BCUT2D eigenvalue weighted by atomic mass is 10.1. The van der Waals surface area contributed by atoms with E-state index in [0.29, 0.717) is 11.4 Å². The number of amides is 1. The van der Waals surface area contributed by atoms with Gasteiger partial charge in [-0.2, -0.15) is 8.42 Å². The smallest absolute Gasteiger partial charge is 0.414 e. The third-order valence-corrected chi connectivity index (χ3v) is 6.46. The SMILES string of the molecule is CC(C)(C)[Si]OC(C)(C)c1cn(-c2ccc(N3CC(COS(C)(=O)=O)OC3=O)cc2F)cn1. The second-order valence-electron chi connectivity index (χ2n) is 9.37. The van der Waals surface area contributed by atoms with Crippen LogP contribution < -0.4 is 4.90 Å². The van der Waals surface area contributed by atoms with Crippen molar-refractivity contribution in [1.82, 2.24) is 9.55 Å². The minimum Gasteiger partial charge on any atom is -0.441 e. The van der Waals surface area contributed by atoms with E-state index in [1.54, 1.807) is 16.8 Å². The predicted octanol–water partition coefficient (Wildman–Crippen LogP) is 3.40. The number of aromatic nitrogens is 2. The number of hydrogen-bond acceptors (Lipinski definition) is 7. The Bertz CT molecular complexity index is 1130. The summed E-state index contributed by atoms with van der Waals surface area (Å²) in [5.41, 5.74) is 0.574. The van der Waals surface area contributed by atoms with E-state index in [2.05, 4.69) is 29.9 Å². The van der Waals surface area contributed by atoms with Crippen molar-refractivity contribution in [3.8, 4) is 5.69 Å². The zero-order valence-electron chi connectivity index (χ0n) is 19.5. The number of nitrogens with zero attached hydrogens (tertiary/aromatic N) is 3. The number of anilines is 1. The lowest BCUT2D eigenvalue weighted by molar-refractivity contribution is 0.105. The van der Waals surface area contributed by atoms with Crippen molar-refractivity contribution in [2.45, 2.75) is 51.4 Å². The molecule has 180 valence electrons. The number of cyclic esters (lactones) is 1. The molecule has 1 amide bonds. The molecule has 1 aliphatic rings. The highest BCUT2D eigenvalue weighted by Gasteiger charge is 2.34. The molecule has 0 bridgehead atoms. The summed E-state index contributed by atoms with van der Waals surface area (Å²) < 4.78 is 54.7. The van der Waals surface area contributed by atoms with Gasteiger partial charge in [0, 0.05) is 6.20 Å². The van der Waals surface area contributed by atoms with Crippen molar-refractivity contribution >= 4 is 31.7 Å². The third kappa shape index (κ3) is 6.62. The van der Waals surface area contributed by atoms with Crippen LogP contribution >= 0.6 is 0 Å². The van der Waals surface area contributed by atoms with Gasteiger partial charge in [-0.1, -0.05) is 20.8 Å². The van der Waals surface area contributed by atoms with Gasteiger partial charge in [-0.25, -0.2) is 14.2 Å². The molecule has 0 aliphatic carbocycles. The first kappa shape index (κ1) is 25.3. The van der Waals surface area contributed by atoms with E-state index in [-0.39, 0.29) is 33.6 Å². The molecule has 2 heterocycles. The number of halogens is 1. The standard InChI is InChI=1S/C21H28FN3O6SSi/c1-20(2,3)33-31-21(4,5)18-11-24(13-23-18)17-8-7-14(9-16(17)22)25-10-15(30-19(25)26)12-29-32(6,27)28/h7-9,11,13,15H,10,12H2,1-6H3. The molecule has 1 aliphatic heterocycles. The Balaban J connectivity index is 1.73. The van der Waals surface area contributed by atoms with Gasteiger partial charge in [-0.15, -0.1) is 0 Å². The summed E-state index contributed by atoms with van der Waals surface area (Å²) in [7, 11) is -3.39. The first-order chi connectivity index (χ1) is 15.1. The molecule has 1 saturated heterocycles. The van der Waals surface area contributed by atoms with Gasteiger partial charge in [-0.3, -0.25) is 9.08 Å². The topological polar surface area (TPSA) is 100.0 Å². The van der Waals surface area contributed by atoms with Gasteiger partial charge in [0.2, 0.25) is 9.76 Å². The van der Waals surface area contributed by atoms with Crippen LogP contribution in [0.1, 0.15) is 40.3 Å². The molecule has 1 aromatic carbocycles. The zero-order chi connectivity index (χ0) is 24.6. The largest absolute Gasteiger partial charge is 0.441 e. The van der Waals surface area contributed by atoms with E-state index in [1.165, 1.54) is 23.4 Å². The van der Waals surface area contributed by atoms with Gasteiger partial charge in [0.25, 0.3) is 10.1 Å². The molecule has 12 heteroatoms. The summed E-state index contributed by atoms with van der Waals surface area (Å²) in [5, 5.41) is 0.0222. The number of carbonyl (C=O) groups is 1.